The number of likely N-dealkylation sites (tertiary alicyclic amines) is 1. The zero-order valence-electron chi connectivity index (χ0n) is 14.5. The summed E-state index contributed by atoms with van der Waals surface area (Å²) in [5.41, 5.74) is 1.62. The third-order valence-corrected chi connectivity index (χ3v) is 5.18. The molecule has 0 aliphatic carbocycles. The molecule has 1 N–H and O–H groups in total. The number of aromatic nitrogens is 1. The molecule has 0 saturated carbocycles. The molecule has 0 spiro atoms. The molecule has 2 aliphatic heterocycles. The normalized spacial score (nSPS) is 23.3. The van der Waals surface area contributed by atoms with Gasteiger partial charge in [-0.3, -0.25) is 14.7 Å². The lowest BCUT2D eigenvalue weighted by Gasteiger charge is -2.28. The molecule has 6 heteroatoms. The van der Waals surface area contributed by atoms with E-state index >= 15 is 0 Å². The van der Waals surface area contributed by atoms with Crippen LogP contribution in [0.5, 0.6) is 0 Å². The van der Waals surface area contributed by atoms with Gasteiger partial charge in [-0.1, -0.05) is 12.1 Å². The quantitative estimate of drug-likeness (QED) is 0.916. The Balaban J connectivity index is 1.50. The maximum absolute atomic E-state index is 14.0. The van der Waals surface area contributed by atoms with E-state index in [1.807, 2.05) is 0 Å². The van der Waals surface area contributed by atoms with E-state index in [0.29, 0.717) is 29.9 Å². The number of nitrogens with zero attached hydrogens (tertiary/aromatic N) is 2. The molecule has 0 unspecified atom stereocenters. The Bertz CT molecular complexity index is 792. The SMILES string of the molecule is O=C(N[C@@H]1COC[C@H]1N1CCCC1)c1cccc(-c2ccncc2F)c1. The van der Waals surface area contributed by atoms with E-state index < -0.39 is 5.82 Å². The monoisotopic (exact) mass is 355 g/mol. The van der Waals surface area contributed by atoms with Gasteiger partial charge in [-0.25, -0.2) is 4.39 Å². The number of rotatable bonds is 4. The molecule has 136 valence electrons. The first-order chi connectivity index (χ1) is 12.7. The van der Waals surface area contributed by atoms with Crippen LogP contribution in [0.3, 0.4) is 0 Å². The number of benzene rings is 1. The number of halogens is 1. The highest BCUT2D eigenvalue weighted by Crippen LogP contribution is 2.23. The summed E-state index contributed by atoms with van der Waals surface area (Å²) < 4.78 is 19.6. The minimum Gasteiger partial charge on any atom is -0.378 e. The Morgan fingerprint density at radius 3 is 2.88 bits per heavy atom. The lowest BCUT2D eigenvalue weighted by atomic mass is 10.0. The van der Waals surface area contributed by atoms with Gasteiger partial charge >= 0.3 is 0 Å². The summed E-state index contributed by atoms with van der Waals surface area (Å²) >= 11 is 0. The van der Waals surface area contributed by atoms with Gasteiger partial charge < -0.3 is 10.1 Å². The molecule has 3 heterocycles. The maximum Gasteiger partial charge on any atom is 0.251 e. The molecule has 1 amide bonds. The number of hydrogen-bond acceptors (Lipinski definition) is 4. The Labute approximate surface area is 152 Å². The first-order valence-electron chi connectivity index (χ1n) is 9.05. The predicted molar refractivity (Wildman–Crippen MR) is 96.3 cm³/mol. The van der Waals surface area contributed by atoms with Crippen LogP contribution in [0, 0.1) is 5.82 Å². The van der Waals surface area contributed by atoms with Crippen molar-refractivity contribution in [3.63, 3.8) is 0 Å². The van der Waals surface area contributed by atoms with Crippen molar-refractivity contribution in [1.29, 1.82) is 0 Å². The van der Waals surface area contributed by atoms with Crippen molar-refractivity contribution in [3.8, 4) is 11.1 Å². The molecule has 5 nitrogen and oxygen atoms in total. The number of carbonyl (C=O) groups is 1. The van der Waals surface area contributed by atoms with Gasteiger partial charge in [0.15, 0.2) is 0 Å². The second-order valence-electron chi connectivity index (χ2n) is 6.86. The Morgan fingerprint density at radius 2 is 2.08 bits per heavy atom. The van der Waals surface area contributed by atoms with Crippen molar-refractivity contribution in [2.24, 2.45) is 0 Å². The highest BCUT2D eigenvalue weighted by atomic mass is 19.1. The van der Waals surface area contributed by atoms with E-state index in [0.717, 1.165) is 13.1 Å². The van der Waals surface area contributed by atoms with Crippen molar-refractivity contribution in [2.45, 2.75) is 24.9 Å². The van der Waals surface area contributed by atoms with Crippen molar-refractivity contribution >= 4 is 5.91 Å². The lowest BCUT2D eigenvalue weighted by molar-refractivity contribution is 0.0916. The number of nitrogens with one attached hydrogen (secondary N) is 1. The average Bonchev–Trinajstić information content (AvgIpc) is 3.33. The average molecular weight is 355 g/mol. The van der Waals surface area contributed by atoms with Crippen LogP contribution in [0.2, 0.25) is 0 Å². The molecule has 2 fully saturated rings. The van der Waals surface area contributed by atoms with E-state index in [4.69, 9.17) is 4.74 Å². The zero-order chi connectivity index (χ0) is 17.9. The molecule has 1 aromatic carbocycles. The van der Waals surface area contributed by atoms with Crippen LogP contribution >= 0.6 is 0 Å². The third kappa shape index (κ3) is 3.48. The van der Waals surface area contributed by atoms with E-state index in [1.54, 1.807) is 36.5 Å². The topological polar surface area (TPSA) is 54.5 Å². The van der Waals surface area contributed by atoms with Gasteiger partial charge in [0.05, 0.1) is 31.5 Å². The van der Waals surface area contributed by atoms with Crippen LogP contribution < -0.4 is 5.32 Å². The first-order valence-corrected chi connectivity index (χ1v) is 9.05. The Kier molecular flexibility index (Phi) is 4.95. The van der Waals surface area contributed by atoms with Gasteiger partial charge in [-0.05, 0) is 49.7 Å². The Morgan fingerprint density at radius 1 is 1.23 bits per heavy atom. The highest BCUT2D eigenvalue weighted by Gasteiger charge is 2.35. The first kappa shape index (κ1) is 17.1. The third-order valence-electron chi connectivity index (χ3n) is 5.18. The standard InChI is InChI=1S/C20H22FN3O2/c21-17-11-22-7-6-16(17)14-4-3-5-15(10-14)20(25)23-18-12-26-13-19(18)24-8-1-2-9-24/h3-7,10-11,18-19H,1-2,8-9,12-13H2,(H,23,25)/t18-,19-/m1/s1. The van der Waals surface area contributed by atoms with Gasteiger partial charge in [-0.15, -0.1) is 0 Å². The van der Waals surface area contributed by atoms with Gasteiger partial charge in [0.1, 0.15) is 5.82 Å². The van der Waals surface area contributed by atoms with E-state index in [-0.39, 0.29) is 18.0 Å². The zero-order valence-corrected chi connectivity index (χ0v) is 14.5. The molecule has 2 atom stereocenters. The van der Waals surface area contributed by atoms with Crippen LogP contribution in [-0.2, 0) is 4.74 Å². The lowest BCUT2D eigenvalue weighted by Crippen LogP contribution is -2.50. The fraction of sp³-hybridized carbons (Fsp3) is 0.400. The van der Waals surface area contributed by atoms with Crippen molar-refractivity contribution in [3.05, 3.63) is 54.1 Å². The summed E-state index contributed by atoms with van der Waals surface area (Å²) in [7, 11) is 0. The van der Waals surface area contributed by atoms with E-state index in [1.165, 1.54) is 19.0 Å². The van der Waals surface area contributed by atoms with Gasteiger partial charge in [0.2, 0.25) is 0 Å². The number of carbonyl (C=O) groups excluding carboxylic acids is 1. The maximum atomic E-state index is 14.0. The molecule has 4 rings (SSSR count). The number of hydrogen-bond donors (Lipinski definition) is 1. The largest absolute Gasteiger partial charge is 0.378 e. The smallest absolute Gasteiger partial charge is 0.251 e. The van der Waals surface area contributed by atoms with Gasteiger partial charge in [-0.2, -0.15) is 0 Å². The molecule has 2 aromatic rings. The predicted octanol–water partition coefficient (Wildman–Crippen LogP) is 2.48. The van der Waals surface area contributed by atoms with Gasteiger partial charge in [0.25, 0.3) is 5.91 Å². The van der Waals surface area contributed by atoms with Crippen LogP contribution in [0.15, 0.2) is 42.7 Å². The summed E-state index contributed by atoms with van der Waals surface area (Å²) in [6.45, 7) is 3.33. The Hall–Kier alpha value is -2.31. The molecular weight excluding hydrogens is 333 g/mol. The minimum atomic E-state index is -0.400. The van der Waals surface area contributed by atoms with Crippen molar-refractivity contribution in [2.75, 3.05) is 26.3 Å². The molecule has 2 aliphatic rings. The summed E-state index contributed by atoms with van der Waals surface area (Å²) in [5.74, 6) is -0.552. The highest BCUT2D eigenvalue weighted by molar-refractivity contribution is 5.95. The van der Waals surface area contributed by atoms with Crippen LogP contribution in [0.4, 0.5) is 4.39 Å². The fourth-order valence-electron chi connectivity index (χ4n) is 3.80. The van der Waals surface area contributed by atoms with Gasteiger partial charge in [0, 0.05) is 17.3 Å². The number of ether oxygens (including phenoxy) is 1. The van der Waals surface area contributed by atoms with Crippen LogP contribution in [0.25, 0.3) is 11.1 Å². The second-order valence-corrected chi connectivity index (χ2v) is 6.86. The van der Waals surface area contributed by atoms with E-state index in [9.17, 15) is 9.18 Å². The number of amides is 1. The van der Waals surface area contributed by atoms with Crippen molar-refractivity contribution < 1.29 is 13.9 Å². The molecule has 0 radical (unpaired) electrons. The summed E-state index contributed by atoms with van der Waals surface area (Å²) in [6.07, 6.45) is 5.13. The fourth-order valence-corrected chi connectivity index (χ4v) is 3.80. The molecule has 2 saturated heterocycles. The summed E-state index contributed by atoms with van der Waals surface area (Å²) in [5, 5.41) is 3.10. The van der Waals surface area contributed by atoms with Crippen LogP contribution in [-0.4, -0.2) is 54.2 Å². The van der Waals surface area contributed by atoms with Crippen LogP contribution in [0.1, 0.15) is 23.2 Å². The molecule has 26 heavy (non-hydrogen) atoms. The molecule has 1 aromatic heterocycles. The van der Waals surface area contributed by atoms with E-state index in [2.05, 4.69) is 15.2 Å². The molecule has 0 bridgehead atoms. The summed E-state index contributed by atoms with van der Waals surface area (Å²) in [4.78, 5) is 18.9. The summed E-state index contributed by atoms with van der Waals surface area (Å²) in [6, 6.07) is 8.87. The minimum absolute atomic E-state index is 0.0121. The number of pyridine rings is 1. The van der Waals surface area contributed by atoms with Crippen molar-refractivity contribution in [1.82, 2.24) is 15.2 Å². The second kappa shape index (κ2) is 7.51. The molecular formula is C20H22FN3O2.